The van der Waals surface area contributed by atoms with Gasteiger partial charge >= 0.3 is 5.97 Å². The molecule has 2 rings (SSSR count). The molecule has 0 spiro atoms. The number of hydrogen-bond donors (Lipinski definition) is 2. The van der Waals surface area contributed by atoms with E-state index in [1.54, 1.807) is 20.1 Å². The fourth-order valence-corrected chi connectivity index (χ4v) is 3.25. The minimum absolute atomic E-state index is 0.00402. The minimum atomic E-state index is -0.382. The Morgan fingerprint density at radius 1 is 1.30 bits per heavy atom. The number of rotatable bonds is 7. The summed E-state index contributed by atoms with van der Waals surface area (Å²) in [5.74, 6) is 0.407. The van der Waals surface area contributed by atoms with Crippen LogP contribution in [0, 0.1) is 0 Å². The summed E-state index contributed by atoms with van der Waals surface area (Å²) in [4.78, 5) is 12.8. The SMILES string of the molecule is CCOC(=O)c1cc(CCc2cc(CO)ccc2OC)sc1N. The number of aryl methyl sites for hydroxylation is 2. The van der Waals surface area contributed by atoms with Gasteiger partial charge in [0, 0.05) is 4.88 Å². The number of carbonyl (C=O) groups excluding carboxylic acids is 1. The van der Waals surface area contributed by atoms with Crippen molar-refractivity contribution in [2.45, 2.75) is 26.4 Å². The molecule has 0 fully saturated rings. The third kappa shape index (κ3) is 4.24. The maximum absolute atomic E-state index is 11.8. The quantitative estimate of drug-likeness (QED) is 0.760. The molecular weight excluding hydrogens is 314 g/mol. The number of anilines is 1. The van der Waals surface area contributed by atoms with Gasteiger partial charge in [-0.1, -0.05) is 6.07 Å². The summed E-state index contributed by atoms with van der Waals surface area (Å²) < 4.78 is 10.3. The number of esters is 1. The monoisotopic (exact) mass is 335 g/mol. The number of benzene rings is 1. The zero-order valence-corrected chi connectivity index (χ0v) is 14.1. The second-order valence-electron chi connectivity index (χ2n) is 5.02. The number of aliphatic hydroxyl groups excluding tert-OH is 1. The number of methoxy groups -OCH3 is 1. The number of carbonyl (C=O) groups is 1. The summed E-state index contributed by atoms with van der Waals surface area (Å²) in [7, 11) is 1.62. The normalized spacial score (nSPS) is 10.6. The van der Waals surface area contributed by atoms with Gasteiger partial charge in [-0.15, -0.1) is 11.3 Å². The smallest absolute Gasteiger partial charge is 0.341 e. The molecule has 1 heterocycles. The summed E-state index contributed by atoms with van der Waals surface area (Å²) in [6.07, 6.45) is 1.47. The highest BCUT2D eigenvalue weighted by molar-refractivity contribution is 7.16. The Bertz CT molecular complexity index is 681. The van der Waals surface area contributed by atoms with Crippen LogP contribution in [0.1, 0.15) is 33.3 Å². The topological polar surface area (TPSA) is 81.8 Å². The van der Waals surface area contributed by atoms with Crippen LogP contribution in [0.5, 0.6) is 5.75 Å². The van der Waals surface area contributed by atoms with Crippen molar-refractivity contribution in [1.82, 2.24) is 0 Å². The minimum Gasteiger partial charge on any atom is -0.496 e. The molecular formula is C17H21NO4S. The lowest BCUT2D eigenvalue weighted by molar-refractivity contribution is 0.0528. The van der Waals surface area contributed by atoms with Crippen LogP contribution in [0.3, 0.4) is 0 Å². The standard InChI is InChI=1S/C17H21NO4S/c1-3-22-17(20)14-9-13(23-16(14)18)6-5-12-8-11(10-19)4-7-15(12)21-2/h4,7-9,19H,3,5-6,10,18H2,1-2H3. The Hall–Kier alpha value is -2.05. The molecule has 0 radical (unpaired) electrons. The lowest BCUT2D eigenvalue weighted by Gasteiger charge is -2.09. The summed E-state index contributed by atoms with van der Waals surface area (Å²) in [6, 6.07) is 7.42. The molecule has 1 aromatic carbocycles. The van der Waals surface area contributed by atoms with Crippen LogP contribution in [0.2, 0.25) is 0 Å². The van der Waals surface area contributed by atoms with E-state index in [1.807, 2.05) is 18.2 Å². The number of hydrogen-bond acceptors (Lipinski definition) is 6. The van der Waals surface area contributed by atoms with Crippen LogP contribution < -0.4 is 10.5 Å². The first-order valence-corrected chi connectivity index (χ1v) is 8.22. The molecule has 124 valence electrons. The predicted octanol–water partition coefficient (Wildman–Crippen LogP) is 2.79. The number of thiophene rings is 1. The molecule has 0 aliphatic rings. The van der Waals surface area contributed by atoms with Crippen molar-refractivity contribution in [3.05, 3.63) is 45.8 Å². The van der Waals surface area contributed by atoms with Gasteiger partial charge in [0.15, 0.2) is 0 Å². The maximum Gasteiger partial charge on any atom is 0.341 e. The summed E-state index contributed by atoms with van der Waals surface area (Å²) in [6.45, 7) is 2.09. The molecule has 3 N–H and O–H groups in total. The highest BCUT2D eigenvalue weighted by atomic mass is 32.1. The Labute approximate surface area is 139 Å². The molecule has 2 aromatic rings. The van der Waals surface area contributed by atoms with Gasteiger partial charge in [-0.3, -0.25) is 0 Å². The summed E-state index contributed by atoms with van der Waals surface area (Å²) >= 11 is 1.40. The van der Waals surface area contributed by atoms with Crippen LogP contribution in [0.15, 0.2) is 24.3 Å². The van der Waals surface area contributed by atoms with Crippen molar-refractivity contribution in [2.75, 3.05) is 19.5 Å². The molecule has 5 nitrogen and oxygen atoms in total. The molecule has 0 aliphatic carbocycles. The van der Waals surface area contributed by atoms with E-state index in [-0.39, 0.29) is 12.6 Å². The van der Waals surface area contributed by atoms with E-state index in [0.29, 0.717) is 17.2 Å². The van der Waals surface area contributed by atoms with E-state index >= 15 is 0 Å². The number of ether oxygens (including phenoxy) is 2. The van der Waals surface area contributed by atoms with Gasteiger partial charge in [-0.25, -0.2) is 4.79 Å². The summed E-state index contributed by atoms with van der Waals surface area (Å²) in [5.41, 5.74) is 8.20. The van der Waals surface area contributed by atoms with E-state index in [0.717, 1.165) is 34.6 Å². The molecule has 0 saturated heterocycles. The van der Waals surface area contributed by atoms with Gasteiger partial charge in [-0.05, 0) is 49.1 Å². The lowest BCUT2D eigenvalue weighted by atomic mass is 10.0. The van der Waals surface area contributed by atoms with Gasteiger partial charge in [0.2, 0.25) is 0 Å². The van der Waals surface area contributed by atoms with E-state index in [9.17, 15) is 9.90 Å². The van der Waals surface area contributed by atoms with Gasteiger partial charge in [-0.2, -0.15) is 0 Å². The molecule has 0 amide bonds. The zero-order valence-electron chi connectivity index (χ0n) is 13.3. The molecule has 0 unspecified atom stereocenters. The predicted molar refractivity (Wildman–Crippen MR) is 91.0 cm³/mol. The van der Waals surface area contributed by atoms with Crippen LogP contribution >= 0.6 is 11.3 Å². The average molecular weight is 335 g/mol. The molecule has 0 atom stereocenters. The third-order valence-electron chi connectivity index (χ3n) is 3.48. The number of nitrogen functional groups attached to an aromatic ring is 1. The van der Waals surface area contributed by atoms with Crippen molar-refractivity contribution in [2.24, 2.45) is 0 Å². The second kappa shape index (κ2) is 7.99. The first-order valence-electron chi connectivity index (χ1n) is 7.41. The Kier molecular flexibility index (Phi) is 6.01. The average Bonchev–Trinajstić information content (AvgIpc) is 2.93. The fourth-order valence-electron chi connectivity index (χ4n) is 2.33. The fraction of sp³-hybridized carbons (Fsp3) is 0.353. The Morgan fingerprint density at radius 3 is 2.74 bits per heavy atom. The summed E-state index contributed by atoms with van der Waals surface area (Å²) in [5, 5.41) is 9.74. The largest absolute Gasteiger partial charge is 0.496 e. The highest BCUT2D eigenvalue weighted by Crippen LogP contribution is 2.28. The van der Waals surface area contributed by atoms with Crippen molar-refractivity contribution >= 4 is 22.3 Å². The third-order valence-corrected chi connectivity index (χ3v) is 4.50. The Balaban J connectivity index is 2.12. The van der Waals surface area contributed by atoms with Crippen LogP contribution in [0.4, 0.5) is 5.00 Å². The number of aliphatic hydroxyl groups is 1. The lowest BCUT2D eigenvalue weighted by Crippen LogP contribution is -2.05. The first kappa shape index (κ1) is 17.3. The van der Waals surface area contributed by atoms with Gasteiger partial charge in [0.25, 0.3) is 0 Å². The molecule has 0 bridgehead atoms. The van der Waals surface area contributed by atoms with Gasteiger partial charge in [0.1, 0.15) is 10.8 Å². The zero-order chi connectivity index (χ0) is 16.8. The van der Waals surface area contributed by atoms with Crippen LogP contribution in [0.25, 0.3) is 0 Å². The van der Waals surface area contributed by atoms with Crippen molar-refractivity contribution in [1.29, 1.82) is 0 Å². The second-order valence-corrected chi connectivity index (χ2v) is 6.18. The van der Waals surface area contributed by atoms with E-state index < -0.39 is 0 Å². The van der Waals surface area contributed by atoms with Crippen molar-refractivity contribution < 1.29 is 19.4 Å². The van der Waals surface area contributed by atoms with Gasteiger partial charge in [0.05, 0.1) is 25.9 Å². The van der Waals surface area contributed by atoms with Crippen LogP contribution in [-0.4, -0.2) is 24.8 Å². The highest BCUT2D eigenvalue weighted by Gasteiger charge is 2.15. The van der Waals surface area contributed by atoms with E-state index in [4.69, 9.17) is 15.2 Å². The van der Waals surface area contributed by atoms with Gasteiger partial charge < -0.3 is 20.3 Å². The molecule has 23 heavy (non-hydrogen) atoms. The van der Waals surface area contributed by atoms with Crippen molar-refractivity contribution in [3.63, 3.8) is 0 Å². The Morgan fingerprint density at radius 2 is 2.09 bits per heavy atom. The molecule has 0 saturated carbocycles. The molecule has 1 aromatic heterocycles. The van der Waals surface area contributed by atoms with Crippen molar-refractivity contribution in [3.8, 4) is 5.75 Å². The number of nitrogens with two attached hydrogens (primary N) is 1. The van der Waals surface area contributed by atoms with E-state index in [2.05, 4.69) is 0 Å². The molecule has 6 heteroatoms. The molecule has 0 aliphatic heterocycles. The van der Waals surface area contributed by atoms with E-state index in [1.165, 1.54) is 11.3 Å². The maximum atomic E-state index is 11.8. The first-order chi connectivity index (χ1) is 11.1. The van der Waals surface area contributed by atoms with Crippen LogP contribution in [-0.2, 0) is 24.2 Å².